The zero-order chi connectivity index (χ0) is 19.6. The Morgan fingerprint density at radius 2 is 1.81 bits per heavy atom. The summed E-state index contributed by atoms with van der Waals surface area (Å²) in [5.41, 5.74) is 0.699. The predicted molar refractivity (Wildman–Crippen MR) is 95.4 cm³/mol. The molecule has 1 aromatic rings. The Bertz CT molecular complexity index is 776. The normalized spacial score (nSPS) is 13.0. The van der Waals surface area contributed by atoms with Crippen LogP contribution in [0.4, 0.5) is 5.69 Å². The van der Waals surface area contributed by atoms with Gasteiger partial charge < -0.3 is 14.5 Å². The van der Waals surface area contributed by atoms with Gasteiger partial charge in [0, 0.05) is 26.1 Å². The number of ether oxygens (including phenoxy) is 1. The summed E-state index contributed by atoms with van der Waals surface area (Å²) < 4.78 is 5.13. The van der Waals surface area contributed by atoms with Crippen molar-refractivity contribution in [1.29, 1.82) is 10.5 Å². The van der Waals surface area contributed by atoms with E-state index in [0.717, 1.165) is 6.42 Å². The Morgan fingerprint density at radius 1 is 1.15 bits per heavy atom. The second kappa shape index (κ2) is 9.93. The van der Waals surface area contributed by atoms with Crippen LogP contribution in [0, 0.1) is 22.7 Å². The number of benzene rings is 1. The van der Waals surface area contributed by atoms with Gasteiger partial charge in [-0.3, -0.25) is 9.59 Å². The third-order valence-corrected chi connectivity index (χ3v) is 4.15. The Morgan fingerprint density at radius 3 is 2.41 bits per heavy atom. The summed E-state index contributed by atoms with van der Waals surface area (Å²) >= 11 is 0. The standard InChI is InChI=1S/C19H20N4O4/c20-9-4-11-22(12-5-10-21)18(25)14-27-19(26)15-6-1-2-7-16(15)23-13-3-8-17(23)24/h1-2,6-7H,3-5,8,11-14H2. The van der Waals surface area contributed by atoms with E-state index in [1.165, 1.54) is 4.90 Å². The number of amides is 2. The number of para-hydroxylation sites is 1. The van der Waals surface area contributed by atoms with E-state index in [9.17, 15) is 14.4 Å². The molecule has 0 saturated carbocycles. The average Bonchev–Trinajstić information content (AvgIpc) is 3.11. The van der Waals surface area contributed by atoms with Crippen molar-refractivity contribution in [3.8, 4) is 12.1 Å². The molecule has 0 atom stereocenters. The van der Waals surface area contributed by atoms with E-state index in [1.54, 1.807) is 29.2 Å². The van der Waals surface area contributed by atoms with Crippen LogP contribution in [0.2, 0.25) is 0 Å². The second-order valence-corrected chi connectivity index (χ2v) is 5.94. The number of nitrogens with zero attached hydrogens (tertiary/aromatic N) is 4. The Balaban J connectivity index is 2.03. The molecule has 1 aliphatic rings. The van der Waals surface area contributed by atoms with Crippen LogP contribution in [0.5, 0.6) is 0 Å². The smallest absolute Gasteiger partial charge is 0.340 e. The van der Waals surface area contributed by atoms with Gasteiger partial charge >= 0.3 is 5.97 Å². The topological polar surface area (TPSA) is 114 Å². The molecule has 2 amide bonds. The van der Waals surface area contributed by atoms with Crippen molar-refractivity contribution in [2.75, 3.05) is 31.1 Å². The van der Waals surface area contributed by atoms with Gasteiger partial charge in [0.2, 0.25) is 5.91 Å². The third-order valence-electron chi connectivity index (χ3n) is 4.15. The van der Waals surface area contributed by atoms with Crippen LogP contribution in [0.25, 0.3) is 0 Å². The number of carbonyl (C=O) groups is 3. The molecule has 0 spiro atoms. The molecular weight excluding hydrogens is 348 g/mol. The van der Waals surface area contributed by atoms with Gasteiger partial charge in [-0.15, -0.1) is 0 Å². The van der Waals surface area contributed by atoms with Crippen LogP contribution < -0.4 is 4.90 Å². The summed E-state index contributed by atoms with van der Waals surface area (Å²) in [6, 6.07) is 10.5. The van der Waals surface area contributed by atoms with Crippen molar-refractivity contribution in [3.63, 3.8) is 0 Å². The van der Waals surface area contributed by atoms with Crippen LogP contribution in [0.15, 0.2) is 24.3 Å². The summed E-state index contributed by atoms with van der Waals surface area (Å²) in [6.45, 7) is 0.400. The van der Waals surface area contributed by atoms with Gasteiger partial charge in [-0.1, -0.05) is 12.1 Å². The van der Waals surface area contributed by atoms with Gasteiger partial charge in [0.05, 0.1) is 36.2 Å². The van der Waals surface area contributed by atoms with E-state index < -0.39 is 18.5 Å². The number of rotatable bonds is 8. The van der Waals surface area contributed by atoms with E-state index in [2.05, 4.69) is 0 Å². The molecule has 1 aliphatic heterocycles. The predicted octanol–water partition coefficient (Wildman–Crippen LogP) is 1.63. The van der Waals surface area contributed by atoms with Gasteiger partial charge in [-0.05, 0) is 18.6 Å². The van der Waals surface area contributed by atoms with Gasteiger partial charge in [0.1, 0.15) is 0 Å². The number of carbonyl (C=O) groups excluding carboxylic acids is 3. The van der Waals surface area contributed by atoms with Gasteiger partial charge in [-0.25, -0.2) is 4.79 Å². The molecule has 0 aliphatic carbocycles. The lowest BCUT2D eigenvalue weighted by atomic mass is 10.1. The van der Waals surface area contributed by atoms with Crippen molar-refractivity contribution >= 4 is 23.5 Å². The Hall–Kier alpha value is -3.39. The Labute approximate surface area is 157 Å². The molecule has 1 heterocycles. The van der Waals surface area contributed by atoms with Crippen LogP contribution in [-0.4, -0.2) is 48.9 Å². The van der Waals surface area contributed by atoms with Crippen LogP contribution in [-0.2, 0) is 14.3 Å². The van der Waals surface area contributed by atoms with E-state index >= 15 is 0 Å². The maximum atomic E-state index is 12.4. The number of hydrogen-bond acceptors (Lipinski definition) is 6. The molecule has 8 heteroatoms. The summed E-state index contributed by atoms with van der Waals surface area (Å²) in [4.78, 5) is 39.5. The molecule has 140 valence electrons. The fourth-order valence-corrected chi connectivity index (χ4v) is 2.81. The molecule has 27 heavy (non-hydrogen) atoms. The molecule has 1 saturated heterocycles. The minimum absolute atomic E-state index is 0.0505. The molecule has 0 unspecified atom stereocenters. The lowest BCUT2D eigenvalue weighted by Gasteiger charge is -2.21. The molecule has 2 rings (SSSR count). The zero-order valence-electron chi connectivity index (χ0n) is 14.9. The highest BCUT2D eigenvalue weighted by atomic mass is 16.5. The van der Waals surface area contributed by atoms with Gasteiger partial charge in [0.25, 0.3) is 5.91 Å². The highest BCUT2D eigenvalue weighted by Gasteiger charge is 2.26. The van der Waals surface area contributed by atoms with Crippen molar-refractivity contribution in [1.82, 2.24) is 4.90 Å². The summed E-state index contributed by atoms with van der Waals surface area (Å²) in [6.07, 6.45) is 1.43. The van der Waals surface area contributed by atoms with Crippen molar-refractivity contribution in [2.24, 2.45) is 0 Å². The highest BCUT2D eigenvalue weighted by molar-refractivity contribution is 6.03. The third kappa shape index (κ3) is 5.29. The first kappa shape index (κ1) is 19.9. The minimum atomic E-state index is -0.695. The fourth-order valence-electron chi connectivity index (χ4n) is 2.81. The lowest BCUT2D eigenvalue weighted by molar-refractivity contribution is -0.134. The summed E-state index contributed by atoms with van der Waals surface area (Å²) in [5.74, 6) is -1.21. The molecule has 0 radical (unpaired) electrons. The SMILES string of the molecule is N#CCCN(CCC#N)C(=O)COC(=O)c1ccccc1N1CCCC1=O. The van der Waals surface area contributed by atoms with E-state index in [4.69, 9.17) is 15.3 Å². The van der Waals surface area contributed by atoms with E-state index in [1.807, 2.05) is 12.1 Å². The quantitative estimate of drug-likeness (QED) is 0.644. The first-order valence-electron chi connectivity index (χ1n) is 8.66. The molecule has 0 aromatic heterocycles. The van der Waals surface area contributed by atoms with Crippen molar-refractivity contribution in [2.45, 2.75) is 25.7 Å². The van der Waals surface area contributed by atoms with Crippen LogP contribution in [0.3, 0.4) is 0 Å². The number of esters is 1. The lowest BCUT2D eigenvalue weighted by Crippen LogP contribution is -2.36. The largest absolute Gasteiger partial charge is 0.452 e. The average molecular weight is 368 g/mol. The number of anilines is 1. The van der Waals surface area contributed by atoms with E-state index in [-0.39, 0.29) is 37.4 Å². The van der Waals surface area contributed by atoms with Crippen molar-refractivity contribution in [3.05, 3.63) is 29.8 Å². The molecular formula is C19H20N4O4. The Kier molecular flexibility index (Phi) is 7.33. The fraction of sp³-hybridized carbons (Fsp3) is 0.421. The summed E-state index contributed by atoms with van der Waals surface area (Å²) in [5, 5.41) is 17.3. The molecule has 8 nitrogen and oxygen atoms in total. The minimum Gasteiger partial charge on any atom is -0.452 e. The maximum absolute atomic E-state index is 12.4. The molecule has 1 aromatic carbocycles. The first-order chi connectivity index (χ1) is 13.1. The van der Waals surface area contributed by atoms with Gasteiger partial charge in [-0.2, -0.15) is 10.5 Å². The zero-order valence-corrected chi connectivity index (χ0v) is 14.9. The van der Waals surface area contributed by atoms with Crippen LogP contribution in [0.1, 0.15) is 36.0 Å². The molecule has 0 N–H and O–H groups in total. The van der Waals surface area contributed by atoms with Crippen LogP contribution >= 0.6 is 0 Å². The maximum Gasteiger partial charge on any atom is 0.340 e. The monoisotopic (exact) mass is 368 g/mol. The molecule has 0 bridgehead atoms. The van der Waals surface area contributed by atoms with E-state index in [0.29, 0.717) is 18.7 Å². The number of hydrogen-bond donors (Lipinski definition) is 0. The van der Waals surface area contributed by atoms with Crippen molar-refractivity contribution < 1.29 is 19.1 Å². The first-order valence-corrected chi connectivity index (χ1v) is 8.66. The number of nitriles is 2. The highest BCUT2D eigenvalue weighted by Crippen LogP contribution is 2.25. The second-order valence-electron chi connectivity index (χ2n) is 5.94. The summed E-state index contributed by atoms with van der Waals surface area (Å²) in [7, 11) is 0. The molecule has 1 fully saturated rings. The van der Waals surface area contributed by atoms with Gasteiger partial charge in [0.15, 0.2) is 6.61 Å².